The molecule has 0 unspecified atom stereocenters. The predicted octanol–water partition coefficient (Wildman–Crippen LogP) is 1.17. The molecule has 0 bridgehead atoms. The van der Waals surface area contributed by atoms with Crippen LogP contribution in [-0.4, -0.2) is 43.5 Å². The Balaban J connectivity index is 1.72. The molecule has 0 saturated carbocycles. The Morgan fingerprint density at radius 3 is 2.85 bits per heavy atom. The van der Waals surface area contributed by atoms with Crippen LogP contribution in [0, 0.1) is 0 Å². The number of likely N-dealkylation sites (tertiary alicyclic amines) is 1. The van der Waals surface area contributed by atoms with Gasteiger partial charge in [-0.05, 0) is 18.9 Å². The van der Waals surface area contributed by atoms with Crippen LogP contribution in [0.1, 0.15) is 35.4 Å². The van der Waals surface area contributed by atoms with E-state index in [0.717, 1.165) is 31.5 Å². The van der Waals surface area contributed by atoms with E-state index < -0.39 is 5.97 Å². The summed E-state index contributed by atoms with van der Waals surface area (Å²) < 4.78 is 9.71. The molecule has 20 heavy (non-hydrogen) atoms. The van der Waals surface area contributed by atoms with Crippen molar-refractivity contribution in [1.29, 1.82) is 0 Å². The van der Waals surface area contributed by atoms with Gasteiger partial charge in [0.15, 0.2) is 0 Å². The maximum absolute atomic E-state index is 11.8. The molecule has 1 saturated heterocycles. The molecule has 1 aromatic rings. The lowest BCUT2D eigenvalue weighted by molar-refractivity contribution is -0.130. The van der Waals surface area contributed by atoms with Crippen molar-refractivity contribution >= 4 is 11.9 Å². The van der Waals surface area contributed by atoms with Gasteiger partial charge in [-0.15, -0.1) is 0 Å². The molecule has 0 aliphatic carbocycles. The zero-order valence-electron chi connectivity index (χ0n) is 11.7. The Morgan fingerprint density at radius 2 is 2.15 bits per heavy atom. The molecule has 1 fully saturated rings. The van der Waals surface area contributed by atoms with Gasteiger partial charge in [0, 0.05) is 38.2 Å². The van der Waals surface area contributed by atoms with Crippen molar-refractivity contribution in [2.45, 2.75) is 25.8 Å². The van der Waals surface area contributed by atoms with E-state index in [1.165, 1.54) is 13.4 Å². The molecule has 1 N–H and O–H groups in total. The van der Waals surface area contributed by atoms with E-state index >= 15 is 0 Å². The number of methoxy groups -OCH3 is 1. The molecule has 6 heteroatoms. The molecule has 1 aliphatic heterocycles. The van der Waals surface area contributed by atoms with E-state index in [-0.39, 0.29) is 11.7 Å². The maximum atomic E-state index is 11.8. The lowest BCUT2D eigenvalue weighted by atomic mass is 10.2. The normalized spacial score (nSPS) is 14.6. The van der Waals surface area contributed by atoms with Crippen LogP contribution in [0.4, 0.5) is 0 Å². The van der Waals surface area contributed by atoms with Gasteiger partial charge in [0.1, 0.15) is 0 Å². The van der Waals surface area contributed by atoms with E-state index in [0.29, 0.717) is 19.5 Å². The van der Waals surface area contributed by atoms with Crippen molar-refractivity contribution < 1.29 is 18.7 Å². The smallest absolute Gasteiger partial charge is 0.374 e. The number of nitrogens with one attached hydrogen (secondary N) is 1. The zero-order chi connectivity index (χ0) is 14.4. The van der Waals surface area contributed by atoms with Crippen LogP contribution in [-0.2, 0) is 16.1 Å². The summed E-state index contributed by atoms with van der Waals surface area (Å²) in [7, 11) is 1.32. The highest BCUT2D eigenvalue weighted by molar-refractivity contribution is 5.87. The summed E-state index contributed by atoms with van der Waals surface area (Å²) in [4.78, 5) is 25.1. The van der Waals surface area contributed by atoms with Gasteiger partial charge in [-0.1, -0.05) is 0 Å². The van der Waals surface area contributed by atoms with Crippen LogP contribution in [0.5, 0.6) is 0 Å². The molecule has 1 aromatic heterocycles. The minimum atomic E-state index is -0.486. The Morgan fingerprint density at radius 1 is 1.40 bits per heavy atom. The molecule has 0 aromatic carbocycles. The van der Waals surface area contributed by atoms with Crippen LogP contribution in [0.2, 0.25) is 0 Å². The van der Waals surface area contributed by atoms with Gasteiger partial charge in [0.2, 0.25) is 11.7 Å². The summed E-state index contributed by atoms with van der Waals surface area (Å²) in [5, 5.41) is 3.15. The van der Waals surface area contributed by atoms with Gasteiger partial charge in [-0.25, -0.2) is 4.79 Å². The van der Waals surface area contributed by atoms with Crippen molar-refractivity contribution in [1.82, 2.24) is 10.2 Å². The molecule has 0 atom stereocenters. The number of ether oxygens (including phenoxy) is 1. The largest absolute Gasteiger partial charge is 0.463 e. The lowest BCUT2D eigenvalue weighted by Gasteiger charge is -2.15. The number of furan rings is 1. The van der Waals surface area contributed by atoms with Crippen molar-refractivity contribution in [3.8, 4) is 0 Å². The van der Waals surface area contributed by atoms with Crippen LogP contribution in [0.3, 0.4) is 0 Å². The number of esters is 1. The number of amides is 1. The topological polar surface area (TPSA) is 71.8 Å². The molecular formula is C14H20N2O4. The van der Waals surface area contributed by atoms with E-state index in [1.807, 2.05) is 4.90 Å². The Bertz CT molecular complexity index is 463. The number of hydrogen-bond acceptors (Lipinski definition) is 5. The van der Waals surface area contributed by atoms with Gasteiger partial charge in [0.25, 0.3) is 0 Å². The second kappa shape index (κ2) is 7.09. The molecule has 6 nitrogen and oxygen atoms in total. The van der Waals surface area contributed by atoms with Crippen molar-refractivity contribution in [2.24, 2.45) is 0 Å². The number of hydrogen-bond donors (Lipinski definition) is 1. The monoisotopic (exact) mass is 280 g/mol. The highest BCUT2D eigenvalue weighted by Gasteiger charge is 2.18. The quantitative estimate of drug-likeness (QED) is 0.625. The summed E-state index contributed by atoms with van der Waals surface area (Å²) in [6.45, 7) is 2.83. The number of carbonyl (C=O) groups excluding carboxylic acids is 2. The standard InChI is InChI=1S/C14H20N2O4/c1-19-14(18)13-11(5-9-20-13)10-15-6-4-12(17)16-7-2-3-8-16/h5,9,15H,2-4,6-8,10H2,1H3. The van der Waals surface area contributed by atoms with Crippen molar-refractivity contribution in [3.05, 3.63) is 23.7 Å². The molecule has 1 aliphatic rings. The van der Waals surface area contributed by atoms with Gasteiger partial charge in [0.05, 0.1) is 13.4 Å². The van der Waals surface area contributed by atoms with E-state index in [4.69, 9.17) is 4.42 Å². The summed E-state index contributed by atoms with van der Waals surface area (Å²) in [6.07, 6.45) is 4.15. The number of carbonyl (C=O) groups is 2. The van der Waals surface area contributed by atoms with Gasteiger partial charge >= 0.3 is 5.97 Å². The summed E-state index contributed by atoms with van der Waals surface area (Å²) in [5.41, 5.74) is 0.741. The fourth-order valence-electron chi connectivity index (χ4n) is 2.29. The first kappa shape index (κ1) is 14.6. The first-order valence-corrected chi connectivity index (χ1v) is 6.85. The first-order valence-electron chi connectivity index (χ1n) is 6.85. The SMILES string of the molecule is COC(=O)c1occc1CNCCC(=O)N1CCCC1. The lowest BCUT2D eigenvalue weighted by Crippen LogP contribution is -2.30. The van der Waals surface area contributed by atoms with E-state index in [2.05, 4.69) is 10.1 Å². The van der Waals surface area contributed by atoms with Crippen LogP contribution in [0.25, 0.3) is 0 Å². The third kappa shape index (κ3) is 3.60. The highest BCUT2D eigenvalue weighted by Crippen LogP contribution is 2.12. The van der Waals surface area contributed by atoms with Crippen molar-refractivity contribution in [3.63, 3.8) is 0 Å². The summed E-state index contributed by atoms with van der Waals surface area (Å²) in [6, 6.07) is 1.72. The first-order chi connectivity index (χ1) is 9.72. The number of nitrogens with zero attached hydrogens (tertiary/aromatic N) is 1. The molecule has 1 amide bonds. The minimum absolute atomic E-state index is 0.190. The minimum Gasteiger partial charge on any atom is -0.463 e. The molecular weight excluding hydrogens is 260 g/mol. The Hall–Kier alpha value is -1.82. The molecule has 110 valence electrons. The second-order valence-corrected chi connectivity index (χ2v) is 4.78. The number of rotatable bonds is 6. The van der Waals surface area contributed by atoms with Crippen LogP contribution >= 0.6 is 0 Å². The van der Waals surface area contributed by atoms with Crippen LogP contribution in [0.15, 0.2) is 16.7 Å². The van der Waals surface area contributed by atoms with E-state index in [1.54, 1.807) is 6.07 Å². The van der Waals surface area contributed by atoms with Gasteiger partial charge < -0.3 is 19.4 Å². The third-order valence-electron chi connectivity index (χ3n) is 3.41. The second-order valence-electron chi connectivity index (χ2n) is 4.78. The highest BCUT2D eigenvalue weighted by atomic mass is 16.5. The van der Waals surface area contributed by atoms with Gasteiger partial charge in [-0.2, -0.15) is 0 Å². The molecule has 2 heterocycles. The fourth-order valence-corrected chi connectivity index (χ4v) is 2.29. The van der Waals surface area contributed by atoms with Crippen molar-refractivity contribution in [2.75, 3.05) is 26.7 Å². The summed E-state index contributed by atoms with van der Waals surface area (Å²) in [5.74, 6) is -0.0822. The van der Waals surface area contributed by atoms with Gasteiger partial charge in [-0.3, -0.25) is 4.79 Å². The molecule has 0 spiro atoms. The predicted molar refractivity (Wildman–Crippen MR) is 72.2 cm³/mol. The zero-order valence-corrected chi connectivity index (χ0v) is 11.7. The Labute approximate surface area is 118 Å². The average Bonchev–Trinajstić information content (AvgIpc) is 3.13. The van der Waals surface area contributed by atoms with Crippen LogP contribution < -0.4 is 5.32 Å². The summed E-state index contributed by atoms with van der Waals surface area (Å²) >= 11 is 0. The molecule has 0 radical (unpaired) electrons. The molecule has 2 rings (SSSR count). The third-order valence-corrected chi connectivity index (χ3v) is 3.41. The fraction of sp³-hybridized carbons (Fsp3) is 0.571. The van der Waals surface area contributed by atoms with E-state index in [9.17, 15) is 9.59 Å². The maximum Gasteiger partial charge on any atom is 0.374 e. The average molecular weight is 280 g/mol. The Kier molecular flexibility index (Phi) is 5.17.